The van der Waals surface area contributed by atoms with E-state index in [-0.39, 0.29) is 0 Å². The molecule has 0 saturated heterocycles. The van der Waals surface area contributed by atoms with Crippen molar-refractivity contribution in [2.45, 2.75) is 0 Å². The lowest BCUT2D eigenvalue weighted by atomic mass is 9.91. The molecule has 6 heterocycles. The highest BCUT2D eigenvalue weighted by Crippen LogP contribution is 2.55. The Morgan fingerprint density at radius 3 is 1.16 bits per heavy atom. The van der Waals surface area contributed by atoms with Crippen molar-refractivity contribution in [2.24, 2.45) is 0 Å². The fourth-order valence-electron chi connectivity index (χ4n) is 18.0. The molecule has 470 valence electrons. The fraction of sp³-hybridized carbons (Fsp3) is 0. The number of hydrogen-bond acceptors (Lipinski definition) is 2. The van der Waals surface area contributed by atoms with Gasteiger partial charge in [-0.15, -0.1) is 0 Å². The number of pyridine rings is 2. The second-order valence-corrected chi connectivity index (χ2v) is 27.6. The number of aromatic nitrogens is 6. The summed E-state index contributed by atoms with van der Waals surface area (Å²) in [4.78, 5) is 9.82. The van der Waals surface area contributed by atoms with E-state index in [1.165, 1.54) is 148 Å². The maximum Gasteiger partial charge on any atom is 0.0547 e. The summed E-state index contributed by atoms with van der Waals surface area (Å²) < 4.78 is 9.73. The van der Waals surface area contributed by atoms with E-state index in [9.17, 15) is 0 Å². The highest BCUT2D eigenvalue weighted by molar-refractivity contribution is 6.24. The van der Waals surface area contributed by atoms with Crippen molar-refractivity contribution in [1.29, 1.82) is 0 Å². The van der Waals surface area contributed by atoms with Crippen molar-refractivity contribution in [3.63, 3.8) is 0 Å². The monoisotopic (exact) mass is 1290 g/mol. The Kier molecular flexibility index (Phi) is 11.4. The van der Waals surface area contributed by atoms with Crippen LogP contribution in [0, 0.1) is 0 Å². The van der Waals surface area contributed by atoms with Crippen LogP contribution in [0.3, 0.4) is 0 Å². The third-order valence-electron chi connectivity index (χ3n) is 22.3. The molecule has 0 amide bonds. The molecule has 0 atom stereocenters. The zero-order valence-corrected chi connectivity index (χ0v) is 55.0. The van der Waals surface area contributed by atoms with Crippen LogP contribution in [0.25, 0.3) is 221 Å². The van der Waals surface area contributed by atoms with Crippen LogP contribution in [0.15, 0.2) is 340 Å². The molecular formula is C96H56N6. The van der Waals surface area contributed by atoms with Gasteiger partial charge in [-0.3, -0.25) is 9.97 Å². The van der Waals surface area contributed by atoms with E-state index in [0.29, 0.717) is 0 Å². The molecule has 6 aromatic heterocycles. The van der Waals surface area contributed by atoms with Crippen LogP contribution in [-0.2, 0) is 0 Å². The lowest BCUT2D eigenvalue weighted by Crippen LogP contribution is -1.95. The number of hydrogen-bond donors (Lipinski definition) is 0. The molecule has 2 aliphatic rings. The Balaban J connectivity index is 0.652. The van der Waals surface area contributed by atoms with Crippen LogP contribution in [0.5, 0.6) is 0 Å². The second kappa shape index (κ2) is 20.9. The predicted octanol–water partition coefficient (Wildman–Crippen LogP) is 25.1. The number of nitrogens with zero attached hydrogens (tertiary/aromatic N) is 6. The van der Waals surface area contributed by atoms with Crippen molar-refractivity contribution in [3.8, 4) is 112 Å². The normalized spacial score (nSPS) is 12.3. The van der Waals surface area contributed by atoms with Gasteiger partial charge in [0.2, 0.25) is 0 Å². The molecule has 15 aromatic carbocycles. The van der Waals surface area contributed by atoms with Gasteiger partial charge in [-0.25, -0.2) is 0 Å². The Labute approximate surface area is 585 Å². The predicted molar refractivity (Wildman–Crippen MR) is 425 cm³/mol. The summed E-state index contributed by atoms with van der Waals surface area (Å²) in [6.07, 6.45) is 8.20. The van der Waals surface area contributed by atoms with Crippen LogP contribution >= 0.6 is 0 Å². The maximum atomic E-state index is 5.07. The van der Waals surface area contributed by atoms with Crippen molar-refractivity contribution >= 4 is 109 Å². The molecule has 6 nitrogen and oxygen atoms in total. The summed E-state index contributed by atoms with van der Waals surface area (Å²) in [5, 5.41) is 14.5. The largest absolute Gasteiger partial charge is 0.309 e. The van der Waals surface area contributed by atoms with E-state index in [1.807, 2.05) is 12.4 Å². The van der Waals surface area contributed by atoms with E-state index >= 15 is 0 Å². The molecule has 0 fully saturated rings. The Bertz CT molecular complexity index is 7230. The van der Waals surface area contributed by atoms with Crippen LogP contribution in [0.4, 0.5) is 0 Å². The first-order valence-corrected chi connectivity index (χ1v) is 35.1. The van der Waals surface area contributed by atoms with E-state index in [2.05, 4.69) is 346 Å². The maximum absolute atomic E-state index is 5.07. The van der Waals surface area contributed by atoms with Crippen LogP contribution in [-0.4, -0.2) is 28.2 Å². The summed E-state index contributed by atoms with van der Waals surface area (Å²) in [7, 11) is 0. The average Bonchev–Trinajstić information content (AvgIpc) is 1.58. The van der Waals surface area contributed by atoms with Gasteiger partial charge in [-0.2, -0.15) is 0 Å². The fourth-order valence-corrected chi connectivity index (χ4v) is 18.0. The molecule has 2 aliphatic carbocycles. The zero-order valence-electron chi connectivity index (χ0n) is 55.0. The lowest BCUT2D eigenvalue weighted by molar-refractivity contribution is 1.18. The smallest absolute Gasteiger partial charge is 0.0547 e. The minimum atomic E-state index is 1.12. The topological polar surface area (TPSA) is 45.5 Å². The van der Waals surface area contributed by atoms with E-state index < -0.39 is 0 Å². The van der Waals surface area contributed by atoms with Gasteiger partial charge in [-0.1, -0.05) is 182 Å². The number of fused-ring (bicyclic) bond motifs is 18. The summed E-state index contributed by atoms with van der Waals surface area (Å²) >= 11 is 0. The first kappa shape index (κ1) is 55.3. The SMILES string of the molecule is c1ccc(-n2c3ccccc3c3cc(-c4ccc5c(c4)c4cc(-c6cc7c8c(cncc8c6)-c6c-7cccc6-c6cccc7c6c6ccc(-c8ccc9c(c8)c8ccccc8n9-c8cc9c%10c(cncc%10c8)-c8ccccc8-9)cc6n7-c6ccccc6)ccc4n5-c4ccccc4)ccc32)cc1. The highest BCUT2D eigenvalue weighted by atomic mass is 15.0. The van der Waals surface area contributed by atoms with Crippen LogP contribution < -0.4 is 0 Å². The third kappa shape index (κ3) is 7.77. The van der Waals surface area contributed by atoms with Crippen LogP contribution in [0.2, 0.25) is 0 Å². The Morgan fingerprint density at radius 2 is 0.569 bits per heavy atom. The quantitative estimate of drug-likeness (QED) is 0.152. The van der Waals surface area contributed by atoms with Crippen molar-refractivity contribution in [2.75, 3.05) is 0 Å². The standard InChI is InChI=1S/C96H56N6/c1-4-18-65(19-5-1)99-85-31-14-12-26-71(85)77-46-57(35-40-87(77)99)58-36-42-89-79(48-58)80-49-60(38-43-90(80)100(89)66-20-6-2-7-21-66)62-44-63-53-98-56-84-94(63)81(50-62)75-29-16-28-73(95(75)84)74-30-17-33-91-96(74)76-39-34-61(51-92(76)101(91)67-22-8-3-9-23-67)59-37-41-88-78(47-59)72-27-13-15-32-86(72)102(88)68-45-64-54-97-55-83-70-25-11-10-24-69(70)82(52-68)93(64)83/h1-56H. The van der Waals surface area contributed by atoms with Gasteiger partial charge in [0, 0.05) is 123 Å². The first-order chi connectivity index (χ1) is 50.6. The number of rotatable bonds is 8. The van der Waals surface area contributed by atoms with Gasteiger partial charge in [-0.05, 0) is 211 Å². The van der Waals surface area contributed by atoms with Crippen molar-refractivity contribution in [3.05, 3.63) is 340 Å². The number of benzene rings is 15. The molecule has 0 saturated carbocycles. The summed E-state index contributed by atoms with van der Waals surface area (Å²) in [5.74, 6) is 0. The summed E-state index contributed by atoms with van der Waals surface area (Å²) in [6.45, 7) is 0. The summed E-state index contributed by atoms with van der Waals surface area (Å²) in [5.41, 5.74) is 33.1. The molecule has 21 aromatic rings. The molecule has 0 N–H and O–H groups in total. The highest BCUT2D eigenvalue weighted by Gasteiger charge is 2.30. The van der Waals surface area contributed by atoms with Gasteiger partial charge in [0.15, 0.2) is 0 Å². The van der Waals surface area contributed by atoms with E-state index in [0.717, 1.165) is 72.4 Å². The minimum absolute atomic E-state index is 1.12. The van der Waals surface area contributed by atoms with Crippen LogP contribution in [0.1, 0.15) is 0 Å². The zero-order chi connectivity index (χ0) is 66.4. The molecule has 0 radical (unpaired) electrons. The number of para-hydroxylation sites is 5. The molecule has 23 rings (SSSR count). The molecule has 0 bridgehead atoms. The molecule has 6 heteroatoms. The Morgan fingerprint density at radius 1 is 0.176 bits per heavy atom. The molecule has 102 heavy (non-hydrogen) atoms. The lowest BCUT2D eigenvalue weighted by Gasteiger charge is -2.13. The van der Waals surface area contributed by atoms with Gasteiger partial charge in [0.25, 0.3) is 0 Å². The third-order valence-corrected chi connectivity index (χ3v) is 22.3. The second-order valence-electron chi connectivity index (χ2n) is 27.6. The molecule has 0 aliphatic heterocycles. The minimum Gasteiger partial charge on any atom is -0.309 e. The first-order valence-electron chi connectivity index (χ1n) is 35.1. The molecule has 0 spiro atoms. The summed E-state index contributed by atoms with van der Waals surface area (Å²) in [6, 6.07) is 117. The Hall–Kier alpha value is -13.7. The average molecular weight is 1290 g/mol. The molecular weight excluding hydrogens is 1240 g/mol. The molecule has 0 unspecified atom stereocenters. The van der Waals surface area contributed by atoms with Gasteiger partial charge < -0.3 is 18.3 Å². The van der Waals surface area contributed by atoms with Gasteiger partial charge in [0.05, 0.1) is 44.1 Å². The van der Waals surface area contributed by atoms with Crippen molar-refractivity contribution in [1.82, 2.24) is 28.2 Å². The van der Waals surface area contributed by atoms with E-state index in [4.69, 9.17) is 9.97 Å². The van der Waals surface area contributed by atoms with E-state index in [1.54, 1.807) is 0 Å². The van der Waals surface area contributed by atoms with Crippen molar-refractivity contribution < 1.29 is 0 Å². The van der Waals surface area contributed by atoms with Gasteiger partial charge >= 0.3 is 0 Å². The van der Waals surface area contributed by atoms with Gasteiger partial charge in [0.1, 0.15) is 0 Å².